The Bertz CT molecular complexity index is 726. The Morgan fingerprint density at radius 2 is 1.97 bits per heavy atom. The number of nitrogens with two attached hydrogens (primary N) is 1. The van der Waals surface area contributed by atoms with Crippen molar-refractivity contribution < 1.29 is 9.18 Å². The van der Waals surface area contributed by atoms with Crippen molar-refractivity contribution in [3.8, 4) is 0 Å². The first-order valence-corrected chi connectivity index (χ1v) is 11.1. The highest BCUT2D eigenvalue weighted by Gasteiger charge is 2.24. The summed E-state index contributed by atoms with van der Waals surface area (Å²) < 4.78 is 14.1. The third kappa shape index (κ3) is 7.48. The number of nitrogens with zero attached hydrogens (tertiary/aromatic N) is 4. The molecule has 9 heteroatoms. The monoisotopic (exact) mass is 546 g/mol. The number of aliphatic imine (C=N–C) groups is 1. The number of likely N-dealkylation sites (tertiary alicyclic amines) is 1. The third-order valence-corrected chi connectivity index (χ3v) is 5.91. The molecule has 2 fully saturated rings. The molecule has 3 N–H and O–H groups in total. The molecule has 1 aromatic rings. The number of hydrogen-bond acceptors (Lipinski definition) is 4. The number of carbonyl (C=O) groups is 1. The van der Waals surface area contributed by atoms with Gasteiger partial charge in [-0.1, -0.05) is 12.1 Å². The highest BCUT2D eigenvalue weighted by Crippen LogP contribution is 2.20. The fourth-order valence-electron chi connectivity index (χ4n) is 4.26. The zero-order valence-corrected chi connectivity index (χ0v) is 20.8. The van der Waals surface area contributed by atoms with Gasteiger partial charge in [-0.25, -0.2) is 4.39 Å². The van der Waals surface area contributed by atoms with Crippen LogP contribution in [0.1, 0.15) is 26.2 Å². The predicted octanol–water partition coefficient (Wildman–Crippen LogP) is 2.12. The van der Waals surface area contributed by atoms with Crippen LogP contribution in [0.15, 0.2) is 29.3 Å². The molecule has 2 aliphatic heterocycles. The molecule has 2 aliphatic rings. The van der Waals surface area contributed by atoms with Crippen LogP contribution in [0, 0.1) is 11.7 Å². The Morgan fingerprint density at radius 3 is 2.65 bits per heavy atom. The number of guanidine groups is 1. The van der Waals surface area contributed by atoms with Gasteiger partial charge >= 0.3 is 0 Å². The molecular weight excluding hydrogens is 510 g/mol. The maximum absolute atomic E-state index is 14.1. The van der Waals surface area contributed by atoms with Crippen molar-refractivity contribution in [2.45, 2.75) is 26.2 Å². The number of carbonyl (C=O) groups excluding carboxylic acids is 1. The molecule has 3 rings (SSSR count). The van der Waals surface area contributed by atoms with Gasteiger partial charge in [0, 0.05) is 45.8 Å². The molecule has 0 aromatic heterocycles. The second kappa shape index (κ2) is 13.0. The number of piperidine rings is 1. The van der Waals surface area contributed by atoms with Gasteiger partial charge in [0.25, 0.3) is 0 Å². The molecule has 0 spiro atoms. The van der Waals surface area contributed by atoms with Gasteiger partial charge in [-0.05, 0) is 51.4 Å². The smallest absolute Gasteiger partial charge is 0.221 e. The van der Waals surface area contributed by atoms with Gasteiger partial charge in [-0.2, -0.15) is 0 Å². The average molecular weight is 546 g/mol. The summed E-state index contributed by atoms with van der Waals surface area (Å²) >= 11 is 0. The zero-order valence-electron chi connectivity index (χ0n) is 18.4. The second-order valence-electron chi connectivity index (χ2n) is 8.06. The Balaban J connectivity index is 0.00000341. The largest absolute Gasteiger partial charge is 0.369 e. The van der Waals surface area contributed by atoms with Gasteiger partial charge in [-0.3, -0.25) is 9.79 Å². The number of benzene rings is 1. The summed E-state index contributed by atoms with van der Waals surface area (Å²) in [5.41, 5.74) is 6.15. The molecule has 0 radical (unpaired) electrons. The first-order valence-electron chi connectivity index (χ1n) is 11.1. The number of rotatable bonds is 7. The molecule has 0 saturated carbocycles. The van der Waals surface area contributed by atoms with Crippen LogP contribution in [0.4, 0.5) is 10.1 Å². The number of primary amides is 1. The minimum atomic E-state index is -0.179. The van der Waals surface area contributed by atoms with Gasteiger partial charge < -0.3 is 25.8 Å². The predicted molar refractivity (Wildman–Crippen MR) is 135 cm³/mol. The van der Waals surface area contributed by atoms with Gasteiger partial charge in [0.2, 0.25) is 5.91 Å². The molecule has 2 saturated heterocycles. The van der Waals surface area contributed by atoms with Crippen molar-refractivity contribution >= 4 is 41.5 Å². The molecule has 0 bridgehead atoms. The Labute approximate surface area is 202 Å². The Hall–Kier alpha value is -1.62. The second-order valence-corrected chi connectivity index (χ2v) is 8.06. The van der Waals surface area contributed by atoms with Gasteiger partial charge in [0.15, 0.2) is 5.96 Å². The van der Waals surface area contributed by atoms with E-state index in [4.69, 9.17) is 10.7 Å². The normalized spacial score (nSPS) is 20.3. The number of nitrogens with one attached hydrogen (secondary N) is 1. The van der Waals surface area contributed by atoms with Crippen molar-refractivity contribution in [1.29, 1.82) is 0 Å². The van der Waals surface area contributed by atoms with Crippen LogP contribution >= 0.6 is 24.0 Å². The lowest BCUT2D eigenvalue weighted by Gasteiger charge is -2.37. The lowest BCUT2D eigenvalue weighted by atomic mass is 9.97. The van der Waals surface area contributed by atoms with Gasteiger partial charge in [0.1, 0.15) is 5.82 Å². The number of anilines is 1. The van der Waals surface area contributed by atoms with E-state index in [0.717, 1.165) is 84.1 Å². The average Bonchev–Trinajstić information content (AvgIpc) is 2.76. The molecule has 1 amide bonds. The summed E-state index contributed by atoms with van der Waals surface area (Å²) in [6, 6.07) is 6.96. The maximum Gasteiger partial charge on any atom is 0.221 e. The van der Waals surface area contributed by atoms with E-state index in [1.54, 1.807) is 6.07 Å². The minimum Gasteiger partial charge on any atom is -0.369 e. The van der Waals surface area contributed by atoms with Crippen LogP contribution in [0.2, 0.25) is 0 Å². The summed E-state index contributed by atoms with van der Waals surface area (Å²) in [4.78, 5) is 22.9. The quantitative estimate of drug-likeness (QED) is 0.237. The van der Waals surface area contributed by atoms with Crippen LogP contribution in [0.25, 0.3) is 0 Å². The van der Waals surface area contributed by atoms with Crippen molar-refractivity contribution in [2.75, 3.05) is 63.8 Å². The van der Waals surface area contributed by atoms with Crippen molar-refractivity contribution in [3.05, 3.63) is 30.1 Å². The zero-order chi connectivity index (χ0) is 21.3. The summed E-state index contributed by atoms with van der Waals surface area (Å²) in [5, 5.41) is 3.39. The Morgan fingerprint density at radius 1 is 1.23 bits per heavy atom. The van der Waals surface area contributed by atoms with E-state index >= 15 is 0 Å². The molecular formula is C22H36FIN6O. The number of halogens is 2. The standard InChI is InChI=1S/C22H35FN6O.HI/c1-2-25-22(26-10-6-12-27-11-5-7-18(17-27)21(24)30)29-15-13-28(14-16-29)20-9-4-3-8-19(20)23;/h3-4,8-9,18H,2,5-7,10-17H2,1H3,(H2,24,30)(H,25,26);1H. The van der Waals surface area contributed by atoms with Crippen molar-refractivity contribution in [1.82, 2.24) is 15.1 Å². The molecule has 31 heavy (non-hydrogen) atoms. The van der Waals surface area contributed by atoms with Crippen LogP contribution < -0.4 is 16.0 Å². The SMILES string of the molecule is CCNC(=NCCCN1CCCC(C(N)=O)C1)N1CCN(c2ccccc2F)CC1.I. The molecule has 174 valence electrons. The number of hydrogen-bond donors (Lipinski definition) is 2. The van der Waals surface area contributed by atoms with Crippen LogP contribution in [-0.4, -0.2) is 80.6 Å². The summed E-state index contributed by atoms with van der Waals surface area (Å²) in [6.45, 7) is 9.55. The molecule has 7 nitrogen and oxygen atoms in total. The maximum atomic E-state index is 14.1. The number of amides is 1. The van der Waals surface area contributed by atoms with Crippen LogP contribution in [-0.2, 0) is 4.79 Å². The minimum absolute atomic E-state index is 0. The van der Waals surface area contributed by atoms with E-state index in [1.165, 1.54) is 6.07 Å². The van der Waals surface area contributed by atoms with E-state index < -0.39 is 0 Å². The fraction of sp³-hybridized carbons (Fsp3) is 0.636. The third-order valence-electron chi connectivity index (χ3n) is 5.91. The highest BCUT2D eigenvalue weighted by atomic mass is 127. The Kier molecular flexibility index (Phi) is 10.8. The van der Waals surface area contributed by atoms with Gasteiger partial charge in [0.05, 0.1) is 11.6 Å². The topological polar surface area (TPSA) is 77.2 Å². The van der Waals surface area contributed by atoms with E-state index in [1.807, 2.05) is 12.1 Å². The number of para-hydroxylation sites is 1. The molecule has 1 unspecified atom stereocenters. The van der Waals surface area contributed by atoms with Crippen molar-refractivity contribution in [3.63, 3.8) is 0 Å². The lowest BCUT2D eigenvalue weighted by molar-refractivity contribution is -0.123. The van der Waals surface area contributed by atoms with Crippen LogP contribution in [0.5, 0.6) is 0 Å². The fourth-order valence-corrected chi connectivity index (χ4v) is 4.26. The number of piperazine rings is 1. The molecule has 2 heterocycles. The molecule has 1 atom stereocenters. The van der Waals surface area contributed by atoms with Gasteiger partial charge in [-0.15, -0.1) is 24.0 Å². The highest BCUT2D eigenvalue weighted by molar-refractivity contribution is 14.0. The van der Waals surface area contributed by atoms with E-state index in [0.29, 0.717) is 5.69 Å². The summed E-state index contributed by atoms with van der Waals surface area (Å²) in [5.74, 6) is 0.578. The van der Waals surface area contributed by atoms with E-state index in [2.05, 4.69) is 26.9 Å². The first kappa shape index (κ1) is 25.6. The summed E-state index contributed by atoms with van der Waals surface area (Å²) in [7, 11) is 0. The summed E-state index contributed by atoms with van der Waals surface area (Å²) in [6.07, 6.45) is 2.90. The van der Waals surface area contributed by atoms with E-state index in [9.17, 15) is 9.18 Å². The molecule has 1 aromatic carbocycles. The van der Waals surface area contributed by atoms with Crippen LogP contribution in [0.3, 0.4) is 0 Å². The van der Waals surface area contributed by atoms with Crippen molar-refractivity contribution in [2.24, 2.45) is 16.6 Å². The van der Waals surface area contributed by atoms with E-state index in [-0.39, 0.29) is 41.6 Å². The molecule has 0 aliphatic carbocycles. The first-order chi connectivity index (χ1) is 14.6. The lowest BCUT2D eigenvalue weighted by Crippen LogP contribution is -2.52.